The van der Waals surface area contributed by atoms with Crippen LogP contribution in [0.3, 0.4) is 0 Å². The predicted molar refractivity (Wildman–Crippen MR) is 111 cm³/mol. The van der Waals surface area contributed by atoms with E-state index >= 15 is 0 Å². The number of nitrogens with one attached hydrogen (secondary N) is 1. The van der Waals surface area contributed by atoms with Gasteiger partial charge < -0.3 is 15.0 Å². The van der Waals surface area contributed by atoms with Gasteiger partial charge in [-0.2, -0.15) is 0 Å². The summed E-state index contributed by atoms with van der Waals surface area (Å²) >= 11 is 0. The van der Waals surface area contributed by atoms with Gasteiger partial charge >= 0.3 is 0 Å². The molecule has 1 saturated heterocycles. The Morgan fingerprint density at radius 3 is 2.75 bits per heavy atom. The van der Waals surface area contributed by atoms with E-state index in [4.69, 9.17) is 4.74 Å². The number of ether oxygens (including phenoxy) is 1. The summed E-state index contributed by atoms with van der Waals surface area (Å²) in [6.45, 7) is 4.02. The van der Waals surface area contributed by atoms with Gasteiger partial charge in [-0.3, -0.25) is 4.79 Å². The zero-order valence-corrected chi connectivity index (χ0v) is 16.0. The first-order valence-corrected chi connectivity index (χ1v) is 10.2. The zero-order valence-electron chi connectivity index (χ0n) is 16.0. The molecule has 1 aromatic carbocycles. The fourth-order valence-corrected chi connectivity index (χ4v) is 4.02. The normalized spacial score (nSPS) is 19.6. The summed E-state index contributed by atoms with van der Waals surface area (Å²) in [6, 6.07) is 12.2. The third-order valence-corrected chi connectivity index (χ3v) is 5.90. The van der Waals surface area contributed by atoms with E-state index in [1.165, 1.54) is 12.1 Å². The van der Waals surface area contributed by atoms with Gasteiger partial charge in [-0.15, -0.1) is 0 Å². The second-order valence-corrected chi connectivity index (χ2v) is 7.81. The Morgan fingerprint density at radius 2 is 1.96 bits per heavy atom. The molecule has 3 aliphatic rings. The second kappa shape index (κ2) is 7.40. The molecule has 2 aromatic rings. The molecule has 5 rings (SSSR count). The Bertz CT molecular complexity index is 927. The van der Waals surface area contributed by atoms with Crippen LogP contribution < -0.4 is 15.0 Å². The number of Topliss-reactive ketones (excluding diaryl/α,β-unsaturated/α-hetero) is 1. The number of piperazine rings is 1. The molecule has 1 aromatic heterocycles. The smallest absolute Gasteiger partial charge is 0.214 e. The number of aromatic nitrogens is 1. The molecule has 5 heteroatoms. The maximum atomic E-state index is 12.9. The van der Waals surface area contributed by atoms with Crippen molar-refractivity contribution >= 4 is 23.1 Å². The third kappa shape index (κ3) is 3.42. The molecule has 2 aliphatic carbocycles. The molecule has 144 valence electrons. The van der Waals surface area contributed by atoms with Crippen LogP contribution in [0.15, 0.2) is 36.4 Å². The lowest BCUT2D eigenvalue weighted by Gasteiger charge is -2.30. The number of benzene rings is 1. The lowest BCUT2D eigenvalue weighted by molar-refractivity contribution is -0.113. The van der Waals surface area contributed by atoms with E-state index in [1.54, 1.807) is 0 Å². The molecule has 0 radical (unpaired) electrons. The Balaban J connectivity index is 1.41. The first-order valence-electron chi connectivity index (χ1n) is 10.2. The summed E-state index contributed by atoms with van der Waals surface area (Å²) in [6.07, 6.45) is 6.10. The maximum absolute atomic E-state index is 12.9. The SMILES string of the molecule is O=C1Cc2cc(N3CCNCC3)ccc2C=C1c1cccc(OC2CCC2)n1. The Hall–Kier alpha value is -2.66. The second-order valence-electron chi connectivity index (χ2n) is 7.81. The number of carbonyl (C=O) groups is 1. The average molecular weight is 375 g/mol. The highest BCUT2D eigenvalue weighted by molar-refractivity contribution is 6.27. The van der Waals surface area contributed by atoms with Crippen LogP contribution in [0.1, 0.15) is 36.1 Å². The Kier molecular flexibility index (Phi) is 4.61. The molecule has 0 amide bonds. The monoisotopic (exact) mass is 375 g/mol. The summed E-state index contributed by atoms with van der Waals surface area (Å²) in [5.41, 5.74) is 4.81. The minimum atomic E-state index is 0.123. The van der Waals surface area contributed by atoms with Gasteiger partial charge in [-0.25, -0.2) is 4.98 Å². The van der Waals surface area contributed by atoms with Crippen molar-refractivity contribution in [3.8, 4) is 5.88 Å². The highest BCUT2D eigenvalue weighted by atomic mass is 16.5. The van der Waals surface area contributed by atoms with Gasteiger partial charge in [0.05, 0.1) is 5.69 Å². The quantitative estimate of drug-likeness (QED) is 0.890. The summed E-state index contributed by atoms with van der Waals surface area (Å²) < 4.78 is 5.91. The molecule has 0 atom stereocenters. The van der Waals surface area contributed by atoms with Crippen molar-refractivity contribution in [3.63, 3.8) is 0 Å². The number of hydrogen-bond donors (Lipinski definition) is 1. The fraction of sp³-hybridized carbons (Fsp3) is 0.391. The molecular formula is C23H25N3O2. The lowest BCUT2D eigenvalue weighted by Crippen LogP contribution is -2.43. The summed E-state index contributed by atoms with van der Waals surface area (Å²) in [7, 11) is 0. The number of allylic oxidation sites excluding steroid dienone is 1. The maximum Gasteiger partial charge on any atom is 0.214 e. The van der Waals surface area contributed by atoms with Crippen LogP contribution in [0.5, 0.6) is 5.88 Å². The molecule has 2 heterocycles. The molecule has 0 spiro atoms. The number of fused-ring (bicyclic) bond motifs is 1. The number of rotatable bonds is 4. The fourth-order valence-electron chi connectivity index (χ4n) is 4.02. The van der Waals surface area contributed by atoms with Crippen molar-refractivity contribution in [2.24, 2.45) is 0 Å². The average Bonchev–Trinajstić information content (AvgIpc) is 2.71. The van der Waals surface area contributed by atoms with Crippen LogP contribution in [0, 0.1) is 0 Å². The van der Waals surface area contributed by atoms with Crippen molar-refractivity contribution in [2.75, 3.05) is 31.1 Å². The van der Waals surface area contributed by atoms with Crippen LogP contribution >= 0.6 is 0 Å². The van der Waals surface area contributed by atoms with E-state index in [9.17, 15) is 4.79 Å². The van der Waals surface area contributed by atoms with Crippen molar-refractivity contribution in [1.82, 2.24) is 10.3 Å². The number of anilines is 1. The number of carbonyl (C=O) groups excluding carboxylic acids is 1. The molecular weight excluding hydrogens is 350 g/mol. The van der Waals surface area contributed by atoms with Gasteiger partial charge in [0.25, 0.3) is 0 Å². The van der Waals surface area contributed by atoms with Crippen LogP contribution in [-0.4, -0.2) is 43.1 Å². The highest BCUT2D eigenvalue weighted by Gasteiger charge is 2.24. The van der Waals surface area contributed by atoms with E-state index in [0.717, 1.165) is 50.1 Å². The molecule has 0 unspecified atom stereocenters. The molecule has 1 aliphatic heterocycles. The minimum Gasteiger partial charge on any atom is -0.474 e. The van der Waals surface area contributed by atoms with Crippen molar-refractivity contribution in [1.29, 1.82) is 0 Å². The van der Waals surface area contributed by atoms with Crippen molar-refractivity contribution in [2.45, 2.75) is 31.8 Å². The molecule has 1 saturated carbocycles. The van der Waals surface area contributed by atoms with Gasteiger partial charge in [-0.05, 0) is 54.7 Å². The Morgan fingerprint density at radius 1 is 1.11 bits per heavy atom. The molecule has 0 bridgehead atoms. The largest absolute Gasteiger partial charge is 0.474 e. The molecule has 28 heavy (non-hydrogen) atoms. The van der Waals surface area contributed by atoms with E-state index in [2.05, 4.69) is 33.4 Å². The van der Waals surface area contributed by atoms with E-state index in [-0.39, 0.29) is 11.9 Å². The standard InChI is InChI=1S/C23H25N3O2/c27-22-15-17-13-18(26-11-9-24-10-12-26)8-7-16(17)14-20(22)21-5-2-6-23(25-21)28-19-3-1-4-19/h2,5-8,13-14,19,24H,1,3-4,9-12,15H2. The Labute approximate surface area is 165 Å². The van der Waals surface area contributed by atoms with Crippen molar-refractivity contribution < 1.29 is 9.53 Å². The van der Waals surface area contributed by atoms with E-state index in [1.807, 2.05) is 24.3 Å². The molecule has 5 nitrogen and oxygen atoms in total. The summed E-state index contributed by atoms with van der Waals surface area (Å²) in [5, 5.41) is 3.38. The lowest BCUT2D eigenvalue weighted by atomic mass is 9.89. The van der Waals surface area contributed by atoms with Gasteiger partial charge in [0.15, 0.2) is 5.78 Å². The highest BCUT2D eigenvalue weighted by Crippen LogP contribution is 2.31. The first kappa shape index (κ1) is 17.4. The van der Waals surface area contributed by atoms with Crippen LogP contribution in [0.2, 0.25) is 0 Å². The molecule has 2 fully saturated rings. The first-order chi connectivity index (χ1) is 13.8. The van der Waals surface area contributed by atoms with Gasteiger partial charge in [0, 0.05) is 49.9 Å². The number of pyridine rings is 1. The minimum absolute atomic E-state index is 0.123. The van der Waals surface area contributed by atoms with Crippen LogP contribution in [0.25, 0.3) is 11.6 Å². The molecule has 1 N–H and O–H groups in total. The van der Waals surface area contributed by atoms with Crippen LogP contribution in [0.4, 0.5) is 5.69 Å². The summed E-state index contributed by atoms with van der Waals surface area (Å²) in [4.78, 5) is 19.9. The van der Waals surface area contributed by atoms with E-state index in [0.29, 0.717) is 23.6 Å². The third-order valence-electron chi connectivity index (χ3n) is 5.90. The predicted octanol–water partition coefficient (Wildman–Crippen LogP) is 3.09. The zero-order chi connectivity index (χ0) is 18.9. The van der Waals surface area contributed by atoms with Crippen LogP contribution in [-0.2, 0) is 11.2 Å². The van der Waals surface area contributed by atoms with Crippen molar-refractivity contribution in [3.05, 3.63) is 53.2 Å². The topological polar surface area (TPSA) is 54.5 Å². The van der Waals surface area contributed by atoms with Gasteiger partial charge in [0.2, 0.25) is 5.88 Å². The number of nitrogens with zero attached hydrogens (tertiary/aromatic N) is 2. The summed E-state index contributed by atoms with van der Waals surface area (Å²) in [5.74, 6) is 0.744. The van der Waals surface area contributed by atoms with Gasteiger partial charge in [-0.1, -0.05) is 12.1 Å². The number of ketones is 1. The van der Waals surface area contributed by atoms with E-state index < -0.39 is 0 Å². The number of hydrogen-bond acceptors (Lipinski definition) is 5. The van der Waals surface area contributed by atoms with Gasteiger partial charge in [0.1, 0.15) is 6.10 Å².